The molecule has 1 atom stereocenters. The third-order valence-corrected chi connectivity index (χ3v) is 4.74. The van der Waals surface area contributed by atoms with E-state index in [1.807, 2.05) is 18.2 Å². The fourth-order valence-electron chi connectivity index (χ4n) is 3.29. The number of amides is 4. The van der Waals surface area contributed by atoms with E-state index >= 15 is 0 Å². The standard InChI is InChI=1S/C21H23N3O5/c1-21(12-14-7-4-5-10-17(14)29-3)19(26)24(20(27)23-21)13-18(25)22-15-8-6-9-16(11-15)28-2/h4-11H,12-13H2,1-3H3,(H,22,25)(H,23,27)/t21-/m1/s1. The van der Waals surface area contributed by atoms with Gasteiger partial charge in [0.25, 0.3) is 5.91 Å². The zero-order chi connectivity index (χ0) is 21.0. The SMILES string of the molecule is COc1cccc(NC(=O)CN2C(=O)N[C@](C)(Cc3ccccc3OC)C2=O)c1. The van der Waals surface area contributed by atoms with Crippen LogP contribution in [0.25, 0.3) is 0 Å². The fourth-order valence-corrected chi connectivity index (χ4v) is 3.29. The van der Waals surface area contributed by atoms with Crippen LogP contribution in [0.3, 0.4) is 0 Å². The van der Waals surface area contributed by atoms with Gasteiger partial charge in [-0.25, -0.2) is 4.79 Å². The number of methoxy groups -OCH3 is 2. The lowest BCUT2D eigenvalue weighted by Gasteiger charge is -2.22. The van der Waals surface area contributed by atoms with Crippen molar-refractivity contribution in [2.24, 2.45) is 0 Å². The van der Waals surface area contributed by atoms with Crippen LogP contribution in [0.15, 0.2) is 48.5 Å². The highest BCUT2D eigenvalue weighted by Gasteiger charge is 2.48. The third-order valence-electron chi connectivity index (χ3n) is 4.74. The van der Waals surface area contributed by atoms with Gasteiger partial charge in [0, 0.05) is 18.2 Å². The summed E-state index contributed by atoms with van der Waals surface area (Å²) in [4.78, 5) is 38.6. The number of carbonyl (C=O) groups excluding carboxylic acids is 3. The summed E-state index contributed by atoms with van der Waals surface area (Å²) in [6, 6.07) is 13.5. The lowest BCUT2D eigenvalue weighted by molar-refractivity contribution is -0.133. The normalized spacial score (nSPS) is 18.4. The maximum Gasteiger partial charge on any atom is 0.325 e. The highest BCUT2D eigenvalue weighted by atomic mass is 16.5. The molecular formula is C21H23N3O5. The molecule has 4 amide bonds. The van der Waals surface area contributed by atoms with Crippen molar-refractivity contribution in [3.05, 3.63) is 54.1 Å². The lowest BCUT2D eigenvalue weighted by Crippen LogP contribution is -2.46. The number of imide groups is 1. The molecule has 29 heavy (non-hydrogen) atoms. The Bertz CT molecular complexity index is 945. The third kappa shape index (κ3) is 4.31. The van der Waals surface area contributed by atoms with Gasteiger partial charge in [-0.05, 0) is 30.7 Å². The van der Waals surface area contributed by atoms with E-state index in [1.165, 1.54) is 7.11 Å². The van der Waals surface area contributed by atoms with Crippen LogP contribution < -0.4 is 20.1 Å². The zero-order valence-electron chi connectivity index (χ0n) is 16.5. The summed E-state index contributed by atoms with van der Waals surface area (Å²) in [7, 11) is 3.07. The van der Waals surface area contributed by atoms with E-state index in [0.717, 1.165) is 10.5 Å². The molecule has 0 saturated carbocycles. The Labute approximate surface area is 168 Å². The van der Waals surface area contributed by atoms with Crippen molar-refractivity contribution in [1.29, 1.82) is 0 Å². The number of benzene rings is 2. The van der Waals surface area contributed by atoms with Crippen molar-refractivity contribution in [2.75, 3.05) is 26.1 Å². The average Bonchev–Trinajstić information content (AvgIpc) is 2.91. The average molecular weight is 397 g/mol. The summed E-state index contributed by atoms with van der Waals surface area (Å²) in [5.74, 6) is 0.268. The van der Waals surface area contributed by atoms with Gasteiger partial charge in [-0.15, -0.1) is 0 Å². The molecule has 2 N–H and O–H groups in total. The summed E-state index contributed by atoms with van der Waals surface area (Å²) in [5.41, 5.74) is 0.133. The van der Waals surface area contributed by atoms with Crippen LogP contribution in [-0.2, 0) is 16.0 Å². The predicted molar refractivity (Wildman–Crippen MR) is 107 cm³/mol. The van der Waals surface area contributed by atoms with E-state index < -0.39 is 23.4 Å². The first-order chi connectivity index (χ1) is 13.9. The smallest absolute Gasteiger partial charge is 0.325 e. The molecule has 0 spiro atoms. The minimum absolute atomic E-state index is 0.246. The first-order valence-electron chi connectivity index (χ1n) is 9.06. The summed E-state index contributed by atoms with van der Waals surface area (Å²) in [6.45, 7) is 1.25. The largest absolute Gasteiger partial charge is 0.497 e. The van der Waals surface area contributed by atoms with Crippen molar-refractivity contribution in [2.45, 2.75) is 18.9 Å². The van der Waals surface area contributed by atoms with E-state index in [4.69, 9.17) is 9.47 Å². The van der Waals surface area contributed by atoms with Crippen molar-refractivity contribution in [3.8, 4) is 11.5 Å². The topological polar surface area (TPSA) is 97.0 Å². The second-order valence-electron chi connectivity index (χ2n) is 6.92. The van der Waals surface area contributed by atoms with E-state index in [2.05, 4.69) is 10.6 Å². The summed E-state index contributed by atoms with van der Waals surface area (Å²) >= 11 is 0. The van der Waals surface area contributed by atoms with Crippen LogP contribution in [0, 0.1) is 0 Å². The molecule has 3 rings (SSSR count). The molecule has 2 aromatic rings. The maximum absolute atomic E-state index is 12.9. The summed E-state index contributed by atoms with van der Waals surface area (Å²) < 4.78 is 10.4. The van der Waals surface area contributed by atoms with Gasteiger partial charge in [0.05, 0.1) is 14.2 Å². The molecule has 1 aliphatic rings. The van der Waals surface area contributed by atoms with Gasteiger partial charge in [-0.3, -0.25) is 14.5 Å². The van der Waals surface area contributed by atoms with Crippen LogP contribution in [-0.4, -0.2) is 49.0 Å². The Balaban J connectivity index is 1.70. The second-order valence-corrected chi connectivity index (χ2v) is 6.92. The molecule has 1 fully saturated rings. The second kappa shape index (κ2) is 8.22. The molecule has 0 aromatic heterocycles. The number of ether oxygens (including phenoxy) is 2. The number of rotatable bonds is 7. The van der Waals surface area contributed by atoms with Gasteiger partial charge in [-0.2, -0.15) is 0 Å². The molecule has 0 aliphatic carbocycles. The van der Waals surface area contributed by atoms with Gasteiger partial charge >= 0.3 is 6.03 Å². The number of nitrogens with one attached hydrogen (secondary N) is 2. The molecule has 0 radical (unpaired) electrons. The predicted octanol–water partition coefficient (Wildman–Crippen LogP) is 2.20. The molecule has 152 valence electrons. The van der Waals surface area contributed by atoms with E-state index in [-0.39, 0.29) is 13.0 Å². The van der Waals surface area contributed by atoms with E-state index in [0.29, 0.717) is 17.2 Å². The minimum atomic E-state index is -1.16. The minimum Gasteiger partial charge on any atom is -0.497 e. The quantitative estimate of drug-likeness (QED) is 0.698. The first-order valence-corrected chi connectivity index (χ1v) is 9.06. The summed E-state index contributed by atoms with van der Waals surface area (Å²) in [5, 5.41) is 5.37. The molecular weight excluding hydrogens is 374 g/mol. The number of urea groups is 1. The van der Waals surface area contributed by atoms with Gasteiger partial charge in [0.15, 0.2) is 0 Å². The Morgan fingerprint density at radius 2 is 1.86 bits per heavy atom. The molecule has 1 saturated heterocycles. The van der Waals surface area contributed by atoms with Crippen LogP contribution in [0.1, 0.15) is 12.5 Å². The van der Waals surface area contributed by atoms with Crippen molar-refractivity contribution >= 4 is 23.5 Å². The van der Waals surface area contributed by atoms with Gasteiger partial charge < -0.3 is 20.1 Å². The van der Waals surface area contributed by atoms with E-state index in [1.54, 1.807) is 44.4 Å². The van der Waals surface area contributed by atoms with Crippen LogP contribution in [0.5, 0.6) is 11.5 Å². The number of carbonyl (C=O) groups is 3. The molecule has 1 aliphatic heterocycles. The first kappa shape index (κ1) is 20.2. The Morgan fingerprint density at radius 1 is 1.10 bits per heavy atom. The zero-order valence-corrected chi connectivity index (χ0v) is 16.5. The molecule has 8 heteroatoms. The number of anilines is 1. The Morgan fingerprint density at radius 3 is 2.59 bits per heavy atom. The van der Waals surface area contributed by atoms with Gasteiger partial charge in [-0.1, -0.05) is 24.3 Å². The molecule has 0 unspecified atom stereocenters. The van der Waals surface area contributed by atoms with Crippen LogP contribution >= 0.6 is 0 Å². The number of nitrogens with zero attached hydrogens (tertiary/aromatic N) is 1. The number of para-hydroxylation sites is 1. The van der Waals surface area contributed by atoms with Crippen LogP contribution in [0.4, 0.5) is 10.5 Å². The molecule has 2 aromatic carbocycles. The monoisotopic (exact) mass is 397 g/mol. The number of hydrogen-bond acceptors (Lipinski definition) is 5. The maximum atomic E-state index is 12.9. The lowest BCUT2D eigenvalue weighted by atomic mass is 9.92. The van der Waals surface area contributed by atoms with Crippen molar-refractivity contribution in [1.82, 2.24) is 10.2 Å². The van der Waals surface area contributed by atoms with Crippen LogP contribution in [0.2, 0.25) is 0 Å². The molecule has 0 bridgehead atoms. The Kier molecular flexibility index (Phi) is 5.72. The summed E-state index contributed by atoms with van der Waals surface area (Å²) in [6.07, 6.45) is 0.246. The van der Waals surface area contributed by atoms with Gasteiger partial charge in [0.2, 0.25) is 5.91 Å². The van der Waals surface area contributed by atoms with Crippen molar-refractivity contribution in [3.63, 3.8) is 0 Å². The fraction of sp³-hybridized carbons (Fsp3) is 0.286. The van der Waals surface area contributed by atoms with Gasteiger partial charge in [0.1, 0.15) is 23.6 Å². The Hall–Kier alpha value is -3.55. The highest BCUT2D eigenvalue weighted by molar-refractivity contribution is 6.10. The van der Waals surface area contributed by atoms with Crippen molar-refractivity contribution < 1.29 is 23.9 Å². The number of hydrogen-bond donors (Lipinski definition) is 2. The molecule has 1 heterocycles. The van der Waals surface area contributed by atoms with E-state index in [9.17, 15) is 14.4 Å². The molecule has 8 nitrogen and oxygen atoms in total. The highest BCUT2D eigenvalue weighted by Crippen LogP contribution is 2.27.